The molecule has 5 N–H and O–H groups in total. The lowest BCUT2D eigenvalue weighted by Crippen LogP contribution is -2.12. The average Bonchev–Trinajstić information content (AvgIpc) is 2.85. The monoisotopic (exact) mass is 317 g/mol. The number of amides is 1. The number of imidazole rings is 1. The Balaban J connectivity index is 1.78. The number of nitrogens with one attached hydrogen (secondary N) is 3. The van der Waals surface area contributed by atoms with E-state index in [0.717, 1.165) is 16.6 Å². The number of aromatic nitrogens is 3. The molecule has 0 bridgehead atoms. The van der Waals surface area contributed by atoms with Crippen molar-refractivity contribution in [2.24, 2.45) is 5.73 Å². The van der Waals surface area contributed by atoms with Crippen LogP contribution in [0.4, 0.5) is 5.82 Å². The van der Waals surface area contributed by atoms with Gasteiger partial charge in [0.05, 0.1) is 21.6 Å². The fourth-order valence-corrected chi connectivity index (χ4v) is 2.31. The van der Waals surface area contributed by atoms with Gasteiger partial charge in [0.15, 0.2) is 0 Å². The second-order valence-electron chi connectivity index (χ2n) is 4.73. The zero-order valence-electron chi connectivity index (χ0n) is 11.3. The highest BCUT2D eigenvalue weighted by molar-refractivity contribution is 6.33. The van der Waals surface area contributed by atoms with Gasteiger partial charge in [-0.2, -0.15) is 0 Å². The molecule has 2 aromatic heterocycles. The standard InChI is InChI=1S/C14H12ClN5O2/c15-9-4-8(12(16)21)6-18-13(9)17-5-7-1-2-10-11(3-7)20-14(22)19-10/h1-4,6H,5H2,(H2,16,21)(H,17,18)(H2,19,20,22). The lowest BCUT2D eigenvalue weighted by Gasteiger charge is -2.08. The third-order valence-corrected chi connectivity index (χ3v) is 3.45. The predicted octanol–water partition coefficient (Wildman–Crippen LogP) is 1.62. The molecule has 0 atom stereocenters. The highest BCUT2D eigenvalue weighted by Gasteiger charge is 2.07. The Hall–Kier alpha value is -2.80. The van der Waals surface area contributed by atoms with E-state index in [1.807, 2.05) is 18.2 Å². The van der Waals surface area contributed by atoms with Crippen LogP contribution < -0.4 is 16.7 Å². The van der Waals surface area contributed by atoms with Gasteiger partial charge in [0, 0.05) is 12.7 Å². The molecule has 0 spiro atoms. The molecule has 1 aromatic carbocycles. The van der Waals surface area contributed by atoms with E-state index in [1.165, 1.54) is 12.3 Å². The Kier molecular flexibility index (Phi) is 3.56. The zero-order chi connectivity index (χ0) is 15.7. The molecule has 0 aliphatic carbocycles. The predicted molar refractivity (Wildman–Crippen MR) is 84.0 cm³/mol. The van der Waals surface area contributed by atoms with E-state index >= 15 is 0 Å². The Morgan fingerprint density at radius 3 is 2.77 bits per heavy atom. The van der Waals surface area contributed by atoms with E-state index in [-0.39, 0.29) is 11.3 Å². The van der Waals surface area contributed by atoms with Crippen LogP contribution in [0.2, 0.25) is 5.02 Å². The van der Waals surface area contributed by atoms with E-state index in [9.17, 15) is 9.59 Å². The summed E-state index contributed by atoms with van der Waals surface area (Å²) in [5.74, 6) is -0.128. The third-order valence-electron chi connectivity index (χ3n) is 3.17. The summed E-state index contributed by atoms with van der Waals surface area (Å²) in [5.41, 5.74) is 7.59. The zero-order valence-corrected chi connectivity index (χ0v) is 12.1. The fraction of sp³-hybridized carbons (Fsp3) is 0.0714. The number of primary amides is 1. The van der Waals surface area contributed by atoms with E-state index in [4.69, 9.17) is 17.3 Å². The van der Waals surface area contributed by atoms with E-state index < -0.39 is 5.91 Å². The van der Waals surface area contributed by atoms with Crippen molar-refractivity contribution < 1.29 is 4.79 Å². The van der Waals surface area contributed by atoms with Gasteiger partial charge < -0.3 is 21.0 Å². The van der Waals surface area contributed by atoms with Crippen molar-refractivity contribution in [1.29, 1.82) is 0 Å². The van der Waals surface area contributed by atoms with Crippen molar-refractivity contribution in [3.8, 4) is 0 Å². The number of aromatic amines is 2. The van der Waals surface area contributed by atoms with Crippen molar-refractivity contribution in [1.82, 2.24) is 15.0 Å². The van der Waals surface area contributed by atoms with Crippen LogP contribution in [-0.4, -0.2) is 20.9 Å². The van der Waals surface area contributed by atoms with E-state index in [1.54, 1.807) is 0 Å². The molecular formula is C14H12ClN5O2. The lowest BCUT2D eigenvalue weighted by atomic mass is 10.2. The lowest BCUT2D eigenvalue weighted by molar-refractivity contribution is 0.1000. The smallest absolute Gasteiger partial charge is 0.323 e. The van der Waals surface area contributed by atoms with Gasteiger partial charge in [0.1, 0.15) is 5.82 Å². The largest absolute Gasteiger partial charge is 0.366 e. The molecular weight excluding hydrogens is 306 g/mol. The number of carbonyl (C=O) groups is 1. The Bertz CT molecular complexity index is 915. The van der Waals surface area contributed by atoms with Crippen LogP contribution >= 0.6 is 11.6 Å². The quantitative estimate of drug-likeness (QED) is 0.585. The van der Waals surface area contributed by atoms with Crippen molar-refractivity contribution >= 4 is 34.4 Å². The molecule has 0 unspecified atom stereocenters. The first-order valence-electron chi connectivity index (χ1n) is 6.43. The Morgan fingerprint density at radius 1 is 1.27 bits per heavy atom. The number of fused-ring (bicyclic) bond motifs is 1. The minimum atomic E-state index is -0.581. The normalized spacial score (nSPS) is 10.8. The number of benzene rings is 1. The van der Waals surface area contributed by atoms with Crippen LogP contribution in [0.1, 0.15) is 15.9 Å². The summed E-state index contributed by atoms with van der Waals surface area (Å²) in [4.78, 5) is 31.7. The van der Waals surface area contributed by atoms with Crippen LogP contribution in [0.3, 0.4) is 0 Å². The number of pyridine rings is 1. The second-order valence-corrected chi connectivity index (χ2v) is 5.14. The molecule has 22 heavy (non-hydrogen) atoms. The van der Waals surface area contributed by atoms with Crippen molar-refractivity contribution in [2.45, 2.75) is 6.54 Å². The van der Waals surface area contributed by atoms with Gasteiger partial charge in [-0.05, 0) is 23.8 Å². The van der Waals surface area contributed by atoms with Crippen LogP contribution in [0.15, 0.2) is 35.3 Å². The van der Waals surface area contributed by atoms with Crippen molar-refractivity contribution in [3.63, 3.8) is 0 Å². The van der Waals surface area contributed by atoms with Gasteiger partial charge in [0.25, 0.3) is 0 Å². The minimum absolute atomic E-state index is 0.244. The van der Waals surface area contributed by atoms with Gasteiger partial charge in [-0.25, -0.2) is 9.78 Å². The molecule has 1 amide bonds. The molecule has 0 fully saturated rings. The summed E-state index contributed by atoms with van der Waals surface area (Å²) in [6.45, 7) is 0.464. The maximum Gasteiger partial charge on any atom is 0.323 e. The number of nitrogens with two attached hydrogens (primary N) is 1. The SMILES string of the molecule is NC(=O)c1cnc(NCc2ccc3[nH]c(=O)[nH]c3c2)c(Cl)c1. The first-order valence-corrected chi connectivity index (χ1v) is 6.81. The molecule has 0 saturated heterocycles. The summed E-state index contributed by atoms with van der Waals surface area (Å²) in [6.07, 6.45) is 1.36. The molecule has 0 aliphatic rings. The molecule has 3 aromatic rings. The molecule has 3 rings (SSSR count). The maximum absolute atomic E-state index is 11.2. The van der Waals surface area contributed by atoms with Gasteiger partial charge in [-0.15, -0.1) is 0 Å². The van der Waals surface area contributed by atoms with Gasteiger partial charge >= 0.3 is 5.69 Å². The van der Waals surface area contributed by atoms with Gasteiger partial charge in [-0.3, -0.25) is 4.79 Å². The molecule has 0 radical (unpaired) electrons. The minimum Gasteiger partial charge on any atom is -0.366 e. The molecule has 2 heterocycles. The summed E-state index contributed by atoms with van der Waals surface area (Å²) < 4.78 is 0. The third kappa shape index (κ3) is 2.79. The van der Waals surface area contributed by atoms with Gasteiger partial charge in [0.2, 0.25) is 5.91 Å². The molecule has 0 aliphatic heterocycles. The van der Waals surface area contributed by atoms with Gasteiger partial charge in [-0.1, -0.05) is 17.7 Å². The summed E-state index contributed by atoms with van der Waals surface area (Å²) in [5, 5.41) is 3.38. The average molecular weight is 318 g/mol. The number of nitrogens with zero attached hydrogens (tertiary/aromatic N) is 1. The fourth-order valence-electron chi connectivity index (χ4n) is 2.08. The van der Waals surface area contributed by atoms with Crippen LogP contribution in [0.5, 0.6) is 0 Å². The Labute approximate surface area is 129 Å². The van der Waals surface area contributed by atoms with E-state index in [0.29, 0.717) is 17.4 Å². The number of rotatable bonds is 4. The van der Waals surface area contributed by atoms with Crippen LogP contribution in [-0.2, 0) is 6.54 Å². The first-order chi connectivity index (χ1) is 10.5. The summed E-state index contributed by atoms with van der Waals surface area (Å²) >= 11 is 6.05. The van der Waals surface area contributed by atoms with Crippen LogP contribution in [0.25, 0.3) is 11.0 Å². The summed E-state index contributed by atoms with van der Waals surface area (Å²) in [7, 11) is 0. The van der Waals surface area contributed by atoms with Crippen molar-refractivity contribution in [3.05, 3.63) is 57.1 Å². The second kappa shape index (κ2) is 5.53. The first kappa shape index (κ1) is 14.2. The summed E-state index contributed by atoms with van der Waals surface area (Å²) in [6, 6.07) is 7.01. The maximum atomic E-state index is 11.2. The molecule has 112 valence electrons. The highest BCUT2D eigenvalue weighted by Crippen LogP contribution is 2.21. The molecule has 8 heteroatoms. The number of carbonyl (C=O) groups excluding carboxylic acids is 1. The molecule has 7 nitrogen and oxygen atoms in total. The number of H-pyrrole nitrogens is 2. The number of anilines is 1. The number of hydrogen-bond donors (Lipinski definition) is 4. The van der Waals surface area contributed by atoms with Crippen molar-refractivity contribution in [2.75, 3.05) is 5.32 Å². The topological polar surface area (TPSA) is 117 Å². The Morgan fingerprint density at radius 2 is 2.05 bits per heavy atom. The molecule has 0 saturated carbocycles. The number of hydrogen-bond acceptors (Lipinski definition) is 4. The number of halogens is 1. The van der Waals surface area contributed by atoms with Crippen LogP contribution in [0, 0.1) is 0 Å². The highest BCUT2D eigenvalue weighted by atomic mass is 35.5. The van der Waals surface area contributed by atoms with E-state index in [2.05, 4.69) is 20.3 Å².